The van der Waals surface area contributed by atoms with Crippen LogP contribution in [0.15, 0.2) is 24.3 Å². The van der Waals surface area contributed by atoms with E-state index in [1.54, 1.807) is 0 Å². The number of nitrogens with one attached hydrogen (secondary N) is 2. The second-order valence-electron chi connectivity index (χ2n) is 4.85. The van der Waals surface area contributed by atoms with Crippen molar-refractivity contribution in [3.8, 4) is 0 Å². The molecule has 0 bridgehead atoms. The predicted octanol–water partition coefficient (Wildman–Crippen LogP) is 2.56. The van der Waals surface area contributed by atoms with Crippen LogP contribution in [-0.2, 0) is 6.18 Å². The van der Waals surface area contributed by atoms with Crippen LogP contribution in [0.5, 0.6) is 0 Å². The molecule has 0 aromatic heterocycles. The van der Waals surface area contributed by atoms with E-state index in [0.29, 0.717) is 18.2 Å². The zero-order chi connectivity index (χ0) is 14.8. The summed E-state index contributed by atoms with van der Waals surface area (Å²) in [6.07, 6.45) is -2.29. The molecule has 7 heteroatoms. The summed E-state index contributed by atoms with van der Waals surface area (Å²) in [5.74, 6) is 0.415. The molecule has 1 aromatic rings. The number of halogens is 3. The normalized spacial score (nSPS) is 16.6. The Morgan fingerprint density at radius 3 is 2.35 bits per heavy atom. The number of carbonyl (C=O) groups is 1. The molecule has 1 fully saturated rings. The maximum atomic E-state index is 12.4. The average Bonchev–Trinajstić information content (AvgIpc) is 3.19. The molecule has 20 heavy (non-hydrogen) atoms. The van der Waals surface area contributed by atoms with Crippen LogP contribution < -0.4 is 16.4 Å². The third kappa shape index (κ3) is 3.86. The minimum atomic E-state index is -4.38. The molecule has 2 rings (SSSR count). The van der Waals surface area contributed by atoms with Gasteiger partial charge in [-0.15, -0.1) is 0 Å². The summed E-state index contributed by atoms with van der Waals surface area (Å²) >= 11 is 0. The van der Waals surface area contributed by atoms with E-state index in [1.165, 1.54) is 12.1 Å². The number of hydrogen-bond acceptors (Lipinski definition) is 2. The molecule has 110 valence electrons. The van der Waals surface area contributed by atoms with Gasteiger partial charge in [0.1, 0.15) is 0 Å². The Morgan fingerprint density at radius 2 is 1.90 bits per heavy atom. The highest BCUT2D eigenvalue weighted by molar-refractivity contribution is 5.89. The molecule has 2 amide bonds. The van der Waals surface area contributed by atoms with Gasteiger partial charge in [0.25, 0.3) is 0 Å². The molecule has 0 saturated heterocycles. The van der Waals surface area contributed by atoms with Crippen molar-refractivity contribution in [3.05, 3.63) is 29.8 Å². The number of urea groups is 1. The van der Waals surface area contributed by atoms with E-state index < -0.39 is 17.8 Å². The van der Waals surface area contributed by atoms with Crippen molar-refractivity contribution in [1.82, 2.24) is 5.32 Å². The van der Waals surface area contributed by atoms with Crippen LogP contribution in [0.1, 0.15) is 18.4 Å². The van der Waals surface area contributed by atoms with Crippen molar-refractivity contribution in [2.75, 3.05) is 11.9 Å². The van der Waals surface area contributed by atoms with Crippen molar-refractivity contribution in [2.45, 2.75) is 25.1 Å². The van der Waals surface area contributed by atoms with Gasteiger partial charge in [-0.25, -0.2) is 4.79 Å². The van der Waals surface area contributed by atoms with Crippen molar-refractivity contribution in [2.24, 2.45) is 11.7 Å². The van der Waals surface area contributed by atoms with Crippen LogP contribution in [0, 0.1) is 5.92 Å². The molecule has 4 nitrogen and oxygen atoms in total. The van der Waals surface area contributed by atoms with Gasteiger partial charge in [-0.3, -0.25) is 0 Å². The quantitative estimate of drug-likeness (QED) is 0.796. The highest BCUT2D eigenvalue weighted by Gasteiger charge is 2.31. The van der Waals surface area contributed by atoms with E-state index in [0.717, 1.165) is 25.0 Å². The first kappa shape index (κ1) is 14.6. The molecule has 1 aliphatic rings. The van der Waals surface area contributed by atoms with Crippen LogP contribution >= 0.6 is 0 Å². The van der Waals surface area contributed by atoms with Crippen molar-refractivity contribution in [3.63, 3.8) is 0 Å². The van der Waals surface area contributed by atoms with Gasteiger partial charge in [0.2, 0.25) is 0 Å². The predicted molar refractivity (Wildman–Crippen MR) is 69.2 cm³/mol. The number of nitrogens with two attached hydrogens (primary N) is 1. The van der Waals surface area contributed by atoms with Crippen molar-refractivity contribution >= 4 is 11.7 Å². The summed E-state index contributed by atoms with van der Waals surface area (Å²) in [7, 11) is 0. The highest BCUT2D eigenvalue weighted by atomic mass is 19.4. The first-order chi connectivity index (χ1) is 9.40. The summed E-state index contributed by atoms with van der Waals surface area (Å²) in [4.78, 5) is 11.7. The molecular weight excluding hydrogens is 271 g/mol. The molecule has 4 N–H and O–H groups in total. The Labute approximate surface area is 114 Å². The molecule has 0 heterocycles. The fourth-order valence-corrected chi connectivity index (χ4v) is 1.95. The minimum absolute atomic E-state index is 0.0792. The number of alkyl halides is 3. The fraction of sp³-hybridized carbons (Fsp3) is 0.462. The molecule has 0 spiro atoms. The van der Waals surface area contributed by atoms with Gasteiger partial charge in [0, 0.05) is 18.3 Å². The Hall–Kier alpha value is -1.76. The van der Waals surface area contributed by atoms with E-state index in [-0.39, 0.29) is 6.04 Å². The van der Waals surface area contributed by atoms with E-state index in [2.05, 4.69) is 10.6 Å². The smallest absolute Gasteiger partial charge is 0.334 e. The van der Waals surface area contributed by atoms with E-state index in [1.807, 2.05) is 0 Å². The molecule has 1 aromatic carbocycles. The maximum Gasteiger partial charge on any atom is 0.416 e. The second-order valence-corrected chi connectivity index (χ2v) is 4.85. The minimum Gasteiger partial charge on any atom is -0.334 e. The monoisotopic (exact) mass is 287 g/mol. The number of amides is 2. The summed E-state index contributed by atoms with van der Waals surface area (Å²) in [6.45, 7) is 0.352. The van der Waals surface area contributed by atoms with Gasteiger partial charge in [-0.1, -0.05) is 0 Å². The second kappa shape index (κ2) is 5.70. The zero-order valence-electron chi connectivity index (χ0n) is 10.7. The molecule has 1 unspecified atom stereocenters. The summed E-state index contributed by atoms with van der Waals surface area (Å²) in [6, 6.07) is 3.76. The Kier molecular flexibility index (Phi) is 4.17. The fourth-order valence-electron chi connectivity index (χ4n) is 1.95. The first-order valence-corrected chi connectivity index (χ1v) is 6.35. The number of rotatable bonds is 4. The van der Waals surface area contributed by atoms with E-state index in [9.17, 15) is 18.0 Å². The third-order valence-electron chi connectivity index (χ3n) is 3.23. The topological polar surface area (TPSA) is 67.1 Å². The molecule has 1 atom stereocenters. The summed E-state index contributed by atoms with van der Waals surface area (Å²) in [5.41, 5.74) is 5.11. The largest absolute Gasteiger partial charge is 0.416 e. The van der Waals surface area contributed by atoms with Gasteiger partial charge in [-0.2, -0.15) is 13.2 Å². The van der Waals surface area contributed by atoms with Crippen molar-refractivity contribution < 1.29 is 18.0 Å². The Balaban J connectivity index is 1.90. The number of carbonyl (C=O) groups excluding carboxylic acids is 1. The Bertz CT molecular complexity index is 469. The lowest BCUT2D eigenvalue weighted by molar-refractivity contribution is -0.137. The summed E-state index contributed by atoms with van der Waals surface area (Å²) in [5, 5.41) is 5.22. The molecular formula is C13H16F3N3O. The van der Waals surface area contributed by atoms with E-state index in [4.69, 9.17) is 5.73 Å². The number of hydrogen-bond donors (Lipinski definition) is 3. The van der Waals surface area contributed by atoms with Gasteiger partial charge >= 0.3 is 12.2 Å². The van der Waals surface area contributed by atoms with Crippen LogP contribution in [0.4, 0.5) is 23.7 Å². The Morgan fingerprint density at radius 1 is 1.30 bits per heavy atom. The average molecular weight is 287 g/mol. The molecule has 1 aliphatic carbocycles. The summed E-state index contributed by atoms with van der Waals surface area (Å²) < 4.78 is 37.1. The van der Waals surface area contributed by atoms with E-state index >= 15 is 0 Å². The number of anilines is 1. The zero-order valence-corrected chi connectivity index (χ0v) is 10.7. The van der Waals surface area contributed by atoms with Crippen molar-refractivity contribution in [1.29, 1.82) is 0 Å². The standard InChI is InChI=1S/C13H16F3N3O/c14-13(15,16)9-3-5-10(6-4-9)18-12(20)19-11(7-17)8-1-2-8/h3-6,8,11H,1-2,7,17H2,(H2,18,19,20). The van der Waals surface area contributed by atoms with Gasteiger partial charge in [0.15, 0.2) is 0 Å². The van der Waals surface area contributed by atoms with Gasteiger partial charge in [0.05, 0.1) is 5.56 Å². The third-order valence-corrected chi connectivity index (χ3v) is 3.23. The molecule has 0 aliphatic heterocycles. The van der Waals surface area contributed by atoms with Crippen LogP contribution in [-0.4, -0.2) is 18.6 Å². The van der Waals surface area contributed by atoms with Gasteiger partial charge in [-0.05, 0) is 43.0 Å². The first-order valence-electron chi connectivity index (χ1n) is 6.35. The van der Waals surface area contributed by atoms with Crippen LogP contribution in [0.3, 0.4) is 0 Å². The van der Waals surface area contributed by atoms with Gasteiger partial charge < -0.3 is 16.4 Å². The molecule has 0 radical (unpaired) electrons. The maximum absolute atomic E-state index is 12.4. The SMILES string of the molecule is NCC(NC(=O)Nc1ccc(C(F)(F)F)cc1)C1CC1. The lowest BCUT2D eigenvalue weighted by Gasteiger charge is -2.16. The lowest BCUT2D eigenvalue weighted by Crippen LogP contribution is -2.43. The molecule has 1 saturated carbocycles. The number of benzene rings is 1. The van der Waals surface area contributed by atoms with Crippen LogP contribution in [0.2, 0.25) is 0 Å². The lowest BCUT2D eigenvalue weighted by atomic mass is 10.2. The highest BCUT2D eigenvalue weighted by Crippen LogP contribution is 2.32. The van der Waals surface area contributed by atoms with Crippen LogP contribution in [0.25, 0.3) is 0 Å².